The number of carbonyl (C=O) groups excluding carboxylic acids is 1. The van der Waals surface area contributed by atoms with Crippen LogP contribution in [0.25, 0.3) is 0 Å². The van der Waals surface area contributed by atoms with Crippen LogP contribution in [0, 0.1) is 0 Å². The van der Waals surface area contributed by atoms with Crippen LogP contribution in [0.1, 0.15) is 37.6 Å². The Morgan fingerprint density at radius 3 is 2.75 bits per heavy atom. The summed E-state index contributed by atoms with van der Waals surface area (Å²) in [6.45, 7) is 6.13. The van der Waals surface area contributed by atoms with E-state index >= 15 is 0 Å². The molecule has 7 heteroatoms. The highest BCUT2D eigenvalue weighted by atomic mass is 16.5. The minimum atomic E-state index is -0.00897. The molecule has 128 valence electrons. The summed E-state index contributed by atoms with van der Waals surface area (Å²) in [6.07, 6.45) is 1.71. The molecule has 0 aliphatic carbocycles. The molecule has 1 amide bonds. The number of hydrogen-bond acceptors (Lipinski definition) is 6. The molecule has 3 rings (SSSR count). The second-order valence-electron chi connectivity index (χ2n) is 5.61. The van der Waals surface area contributed by atoms with E-state index in [4.69, 9.17) is 14.0 Å². The van der Waals surface area contributed by atoms with Gasteiger partial charge in [0.1, 0.15) is 0 Å². The fourth-order valence-electron chi connectivity index (χ4n) is 2.87. The number of amides is 1. The van der Waals surface area contributed by atoms with E-state index in [0.29, 0.717) is 44.3 Å². The molecule has 0 N–H and O–H groups in total. The normalized spacial score (nSPS) is 17.3. The fraction of sp³-hybridized carbons (Fsp3) is 0.471. The van der Waals surface area contributed by atoms with Gasteiger partial charge in [-0.15, -0.1) is 0 Å². The maximum absolute atomic E-state index is 12.2. The van der Waals surface area contributed by atoms with E-state index in [-0.39, 0.29) is 11.8 Å². The Balaban J connectivity index is 1.71. The number of nitrogens with zero attached hydrogens (tertiary/aromatic N) is 3. The number of benzene rings is 1. The number of ether oxygens (including phenoxy) is 2. The molecule has 0 spiro atoms. The SMILES string of the molecule is CCOc1ccc(CN2CC(c3ncon3)CC2=O)cc1OCC. The van der Waals surface area contributed by atoms with Crippen LogP contribution in [-0.2, 0) is 11.3 Å². The molecule has 1 unspecified atom stereocenters. The minimum Gasteiger partial charge on any atom is -0.490 e. The summed E-state index contributed by atoms with van der Waals surface area (Å²) in [5.74, 6) is 2.10. The van der Waals surface area contributed by atoms with Crippen LogP contribution in [0.3, 0.4) is 0 Å². The van der Waals surface area contributed by atoms with Gasteiger partial charge in [0.05, 0.1) is 13.2 Å². The molecule has 1 fully saturated rings. The fourth-order valence-corrected chi connectivity index (χ4v) is 2.87. The molecule has 0 saturated carbocycles. The largest absolute Gasteiger partial charge is 0.490 e. The monoisotopic (exact) mass is 331 g/mol. The number of aromatic nitrogens is 2. The molecule has 1 saturated heterocycles. The lowest BCUT2D eigenvalue weighted by Crippen LogP contribution is -2.24. The molecule has 2 aromatic rings. The lowest BCUT2D eigenvalue weighted by Gasteiger charge is -2.18. The van der Waals surface area contributed by atoms with Crippen molar-refractivity contribution >= 4 is 5.91 Å². The van der Waals surface area contributed by atoms with Gasteiger partial charge in [0.25, 0.3) is 0 Å². The summed E-state index contributed by atoms with van der Waals surface area (Å²) < 4.78 is 16.0. The van der Waals surface area contributed by atoms with Crippen molar-refractivity contribution in [3.05, 3.63) is 36.0 Å². The standard InChI is InChI=1S/C17H21N3O4/c1-3-22-14-6-5-12(7-15(14)23-4-2)9-20-10-13(8-16(20)21)17-18-11-24-19-17/h5-7,11,13H,3-4,8-10H2,1-2H3. The molecule has 0 bridgehead atoms. The van der Waals surface area contributed by atoms with E-state index in [9.17, 15) is 4.79 Å². The van der Waals surface area contributed by atoms with Gasteiger partial charge in [-0.1, -0.05) is 11.2 Å². The van der Waals surface area contributed by atoms with Gasteiger partial charge in [-0.05, 0) is 31.5 Å². The van der Waals surface area contributed by atoms with Crippen molar-refractivity contribution in [2.75, 3.05) is 19.8 Å². The first-order chi connectivity index (χ1) is 11.7. The Hall–Kier alpha value is -2.57. The van der Waals surface area contributed by atoms with Gasteiger partial charge in [0.2, 0.25) is 12.3 Å². The number of hydrogen-bond donors (Lipinski definition) is 0. The van der Waals surface area contributed by atoms with E-state index < -0.39 is 0 Å². The van der Waals surface area contributed by atoms with Gasteiger partial charge >= 0.3 is 0 Å². The zero-order chi connectivity index (χ0) is 16.9. The lowest BCUT2D eigenvalue weighted by atomic mass is 10.1. The zero-order valence-electron chi connectivity index (χ0n) is 13.9. The third-order valence-corrected chi connectivity index (χ3v) is 3.94. The highest BCUT2D eigenvalue weighted by molar-refractivity contribution is 5.79. The summed E-state index contributed by atoms with van der Waals surface area (Å²) in [5, 5.41) is 3.84. The van der Waals surface area contributed by atoms with Gasteiger partial charge < -0.3 is 18.9 Å². The van der Waals surface area contributed by atoms with Gasteiger partial charge in [-0.2, -0.15) is 4.98 Å². The second kappa shape index (κ2) is 7.33. The Labute approximate surface area is 140 Å². The van der Waals surface area contributed by atoms with Gasteiger partial charge in [-0.25, -0.2) is 0 Å². The van der Waals surface area contributed by atoms with Crippen LogP contribution >= 0.6 is 0 Å². The summed E-state index contributed by atoms with van der Waals surface area (Å²) in [7, 11) is 0. The smallest absolute Gasteiger partial charge is 0.223 e. The van der Waals surface area contributed by atoms with Crippen molar-refractivity contribution in [2.24, 2.45) is 0 Å². The lowest BCUT2D eigenvalue weighted by molar-refractivity contribution is -0.128. The Bertz CT molecular complexity index is 687. The molecule has 1 aliphatic rings. The Morgan fingerprint density at radius 1 is 1.25 bits per heavy atom. The first-order valence-corrected chi connectivity index (χ1v) is 8.13. The number of rotatable bonds is 7. The Kier molecular flexibility index (Phi) is 4.98. The highest BCUT2D eigenvalue weighted by Gasteiger charge is 2.33. The summed E-state index contributed by atoms with van der Waals surface area (Å²) >= 11 is 0. The second-order valence-corrected chi connectivity index (χ2v) is 5.61. The first-order valence-electron chi connectivity index (χ1n) is 8.13. The van der Waals surface area contributed by atoms with Gasteiger partial charge in [0, 0.05) is 25.4 Å². The number of likely N-dealkylation sites (tertiary alicyclic amines) is 1. The minimum absolute atomic E-state index is 0.00897. The van der Waals surface area contributed by atoms with E-state index in [2.05, 4.69) is 10.1 Å². The Morgan fingerprint density at radius 2 is 2.04 bits per heavy atom. The van der Waals surface area contributed by atoms with Gasteiger partial charge in [-0.3, -0.25) is 4.79 Å². The van der Waals surface area contributed by atoms with Crippen molar-refractivity contribution in [1.29, 1.82) is 0 Å². The van der Waals surface area contributed by atoms with Crippen molar-refractivity contribution in [3.8, 4) is 11.5 Å². The molecule has 2 heterocycles. The van der Waals surface area contributed by atoms with Crippen LogP contribution in [0.4, 0.5) is 0 Å². The first kappa shape index (κ1) is 16.3. The van der Waals surface area contributed by atoms with Crippen molar-refractivity contribution in [2.45, 2.75) is 32.7 Å². The predicted octanol–water partition coefficient (Wildman–Crippen LogP) is 2.38. The summed E-state index contributed by atoms with van der Waals surface area (Å²) in [4.78, 5) is 18.1. The quantitative estimate of drug-likeness (QED) is 0.775. The average Bonchev–Trinajstić information content (AvgIpc) is 3.21. The van der Waals surface area contributed by atoms with Gasteiger partial charge in [0.15, 0.2) is 17.3 Å². The third kappa shape index (κ3) is 3.50. The van der Waals surface area contributed by atoms with Crippen molar-refractivity contribution in [3.63, 3.8) is 0 Å². The third-order valence-electron chi connectivity index (χ3n) is 3.94. The summed E-state index contributed by atoms with van der Waals surface area (Å²) in [6, 6.07) is 5.78. The van der Waals surface area contributed by atoms with E-state index in [1.807, 2.05) is 36.9 Å². The molecule has 0 radical (unpaired) electrons. The van der Waals surface area contributed by atoms with Crippen LogP contribution in [0.15, 0.2) is 29.1 Å². The molecular weight excluding hydrogens is 310 g/mol. The van der Waals surface area contributed by atoms with Crippen LogP contribution in [0.2, 0.25) is 0 Å². The van der Waals surface area contributed by atoms with Crippen LogP contribution in [0.5, 0.6) is 11.5 Å². The molecule has 1 atom stereocenters. The predicted molar refractivity (Wildman–Crippen MR) is 85.9 cm³/mol. The van der Waals surface area contributed by atoms with Crippen molar-refractivity contribution in [1.82, 2.24) is 15.0 Å². The molecule has 7 nitrogen and oxygen atoms in total. The molecule has 1 aliphatic heterocycles. The maximum Gasteiger partial charge on any atom is 0.223 e. The maximum atomic E-state index is 12.2. The summed E-state index contributed by atoms with van der Waals surface area (Å²) in [5.41, 5.74) is 1.00. The van der Waals surface area contributed by atoms with Crippen molar-refractivity contribution < 1.29 is 18.8 Å². The highest BCUT2D eigenvalue weighted by Crippen LogP contribution is 2.31. The average molecular weight is 331 g/mol. The number of carbonyl (C=O) groups is 1. The molecule has 1 aromatic carbocycles. The van der Waals surface area contributed by atoms with Crippen LogP contribution in [-0.4, -0.2) is 40.7 Å². The van der Waals surface area contributed by atoms with E-state index in [1.165, 1.54) is 6.39 Å². The molecule has 1 aromatic heterocycles. The topological polar surface area (TPSA) is 77.7 Å². The zero-order valence-corrected chi connectivity index (χ0v) is 13.9. The van der Waals surface area contributed by atoms with Crippen LogP contribution < -0.4 is 9.47 Å². The van der Waals surface area contributed by atoms with E-state index in [1.54, 1.807) is 0 Å². The molecular formula is C17H21N3O4. The van der Waals surface area contributed by atoms with E-state index in [0.717, 1.165) is 11.3 Å². The molecule has 24 heavy (non-hydrogen) atoms.